The van der Waals surface area contributed by atoms with Crippen molar-refractivity contribution >= 4 is 0 Å². The van der Waals surface area contributed by atoms with Gasteiger partial charge in [-0.25, -0.2) is 0 Å². The molecule has 0 fully saturated rings. The van der Waals surface area contributed by atoms with Gasteiger partial charge in [0.25, 0.3) is 0 Å². The number of hydrogen-bond acceptors (Lipinski definition) is 6. The summed E-state index contributed by atoms with van der Waals surface area (Å²) in [6, 6.07) is 23.1. The van der Waals surface area contributed by atoms with E-state index in [9.17, 15) is 30.6 Å². The molecule has 0 radical (unpaired) electrons. The van der Waals surface area contributed by atoms with Crippen molar-refractivity contribution in [3.63, 3.8) is 0 Å². The Balaban J connectivity index is 1.55. The standard InChI is InChI=1S/C49H52O6/c1-24-17-42(50)28(5)13-36(24)46(37-14-29(6)43(51)18-25(37)2)40-22-34(11-32(9)48(40)54)21-35-12-33(10)49(55)41(23-35)47(38-15-30(7)44(52)19-26(38)3)39-16-31(8)45(53)20-27(39)4/h11-20,22-23,46-47,50-55H,21H2,1-10H3. The lowest BCUT2D eigenvalue weighted by Crippen LogP contribution is -2.11. The Morgan fingerprint density at radius 1 is 0.291 bits per heavy atom. The van der Waals surface area contributed by atoms with Gasteiger partial charge in [0, 0.05) is 23.0 Å². The number of aryl methyl sites for hydroxylation is 10. The second kappa shape index (κ2) is 14.7. The Kier molecular flexibility index (Phi) is 10.4. The lowest BCUT2D eigenvalue weighted by Gasteiger charge is -2.27. The molecular weight excluding hydrogens is 685 g/mol. The average molecular weight is 737 g/mol. The fourth-order valence-electron chi connectivity index (χ4n) is 8.19. The molecule has 6 N–H and O–H groups in total. The van der Waals surface area contributed by atoms with Crippen LogP contribution in [-0.4, -0.2) is 30.6 Å². The normalized spacial score (nSPS) is 11.6. The molecule has 0 unspecified atom stereocenters. The minimum atomic E-state index is -0.403. The van der Waals surface area contributed by atoms with Crippen molar-refractivity contribution in [2.24, 2.45) is 0 Å². The Morgan fingerprint density at radius 3 is 0.800 bits per heavy atom. The molecule has 284 valence electrons. The molecule has 0 aliphatic rings. The van der Waals surface area contributed by atoms with Gasteiger partial charge in [0.05, 0.1) is 0 Å². The highest BCUT2D eigenvalue weighted by Crippen LogP contribution is 2.46. The Bertz CT molecular complexity index is 2200. The second-order valence-electron chi connectivity index (χ2n) is 15.7. The van der Waals surface area contributed by atoms with Crippen LogP contribution in [0.1, 0.15) is 112 Å². The quantitative estimate of drug-likeness (QED) is 0.0865. The van der Waals surface area contributed by atoms with E-state index in [-0.39, 0.29) is 34.5 Å². The number of benzene rings is 6. The van der Waals surface area contributed by atoms with Crippen LogP contribution in [0.3, 0.4) is 0 Å². The first kappa shape index (κ1) is 38.8. The predicted octanol–water partition coefficient (Wildman–Crippen LogP) is 11.0. The highest BCUT2D eigenvalue weighted by Gasteiger charge is 2.29. The van der Waals surface area contributed by atoms with Crippen LogP contribution in [0.2, 0.25) is 0 Å². The van der Waals surface area contributed by atoms with Crippen LogP contribution in [0.5, 0.6) is 34.5 Å². The number of hydrogen-bond donors (Lipinski definition) is 6. The molecule has 0 saturated carbocycles. The third-order valence-corrected chi connectivity index (χ3v) is 11.4. The summed E-state index contributed by atoms with van der Waals surface area (Å²) in [5, 5.41) is 66.0. The molecule has 6 aromatic carbocycles. The smallest absolute Gasteiger partial charge is 0.122 e. The van der Waals surface area contributed by atoms with Gasteiger partial charge in [-0.05, 0) is 189 Å². The second-order valence-corrected chi connectivity index (χ2v) is 15.7. The van der Waals surface area contributed by atoms with E-state index < -0.39 is 11.8 Å². The minimum Gasteiger partial charge on any atom is -0.508 e. The number of phenolic OH excluding ortho intramolecular Hbond substituents is 6. The Morgan fingerprint density at radius 2 is 0.545 bits per heavy atom. The van der Waals surface area contributed by atoms with Crippen LogP contribution < -0.4 is 0 Å². The molecule has 0 atom stereocenters. The molecule has 6 heteroatoms. The lowest BCUT2D eigenvalue weighted by molar-refractivity contribution is 0.461. The number of rotatable bonds is 8. The van der Waals surface area contributed by atoms with Crippen LogP contribution in [0.15, 0.2) is 72.8 Å². The van der Waals surface area contributed by atoms with Gasteiger partial charge in [0.1, 0.15) is 34.5 Å². The van der Waals surface area contributed by atoms with Crippen LogP contribution in [0.25, 0.3) is 0 Å². The summed E-state index contributed by atoms with van der Waals surface area (Å²) in [6.07, 6.45) is 0.504. The van der Waals surface area contributed by atoms with Gasteiger partial charge in [0.2, 0.25) is 0 Å². The van der Waals surface area contributed by atoms with Gasteiger partial charge >= 0.3 is 0 Å². The van der Waals surface area contributed by atoms with E-state index in [4.69, 9.17) is 0 Å². The minimum absolute atomic E-state index is 0.183. The van der Waals surface area contributed by atoms with E-state index in [1.807, 2.05) is 106 Å². The molecule has 0 spiro atoms. The molecule has 0 saturated heterocycles. The third kappa shape index (κ3) is 7.34. The molecule has 0 amide bonds. The average Bonchev–Trinajstić information content (AvgIpc) is 3.10. The highest BCUT2D eigenvalue weighted by molar-refractivity contribution is 5.61. The predicted molar refractivity (Wildman–Crippen MR) is 221 cm³/mol. The summed E-state index contributed by atoms with van der Waals surface area (Å²) in [4.78, 5) is 0. The Labute approximate surface area is 324 Å². The van der Waals surface area contributed by atoms with Gasteiger partial charge in [-0.2, -0.15) is 0 Å². The molecule has 0 aliphatic carbocycles. The molecule has 6 aromatic rings. The SMILES string of the molecule is Cc1cc(C(c2cc(C)c(O)cc2C)c2cc(Cc3cc(C)c(O)c(C(c4cc(C)c(O)cc4C)c4cc(C)c(O)cc4C)c3)cc(C)c2O)c(C)cc1O. The number of phenols is 6. The van der Waals surface area contributed by atoms with Crippen molar-refractivity contribution in [3.8, 4) is 34.5 Å². The van der Waals surface area contributed by atoms with Crippen LogP contribution in [0.4, 0.5) is 0 Å². The summed E-state index contributed by atoms with van der Waals surface area (Å²) in [5.41, 5.74) is 15.0. The summed E-state index contributed by atoms with van der Waals surface area (Å²) < 4.78 is 0. The maximum atomic E-state index is 11.8. The molecule has 0 aromatic heterocycles. The highest BCUT2D eigenvalue weighted by atomic mass is 16.3. The van der Waals surface area contributed by atoms with Crippen molar-refractivity contribution in [1.82, 2.24) is 0 Å². The first-order valence-electron chi connectivity index (χ1n) is 18.7. The van der Waals surface area contributed by atoms with Gasteiger partial charge in [-0.1, -0.05) is 48.5 Å². The van der Waals surface area contributed by atoms with E-state index in [2.05, 4.69) is 12.1 Å². The van der Waals surface area contributed by atoms with Crippen molar-refractivity contribution in [2.75, 3.05) is 0 Å². The summed E-state index contributed by atoms with van der Waals surface area (Å²) in [7, 11) is 0. The van der Waals surface area contributed by atoms with E-state index in [0.717, 1.165) is 100 Å². The monoisotopic (exact) mass is 736 g/mol. The summed E-state index contributed by atoms with van der Waals surface area (Å²) in [5.74, 6) is 0.394. The molecule has 0 heterocycles. The summed E-state index contributed by atoms with van der Waals surface area (Å²) >= 11 is 0. The molecule has 55 heavy (non-hydrogen) atoms. The topological polar surface area (TPSA) is 121 Å². The zero-order valence-corrected chi connectivity index (χ0v) is 33.5. The van der Waals surface area contributed by atoms with Gasteiger partial charge in [-0.3, -0.25) is 0 Å². The largest absolute Gasteiger partial charge is 0.508 e. The third-order valence-electron chi connectivity index (χ3n) is 11.4. The Hall–Kier alpha value is -5.88. The fraction of sp³-hybridized carbons (Fsp3) is 0.265. The zero-order chi connectivity index (χ0) is 40.2. The van der Waals surface area contributed by atoms with Crippen molar-refractivity contribution in [2.45, 2.75) is 87.5 Å². The van der Waals surface area contributed by atoms with Gasteiger partial charge < -0.3 is 30.6 Å². The van der Waals surface area contributed by atoms with Crippen molar-refractivity contribution in [1.29, 1.82) is 0 Å². The van der Waals surface area contributed by atoms with Crippen molar-refractivity contribution in [3.05, 3.63) is 173 Å². The molecule has 6 rings (SSSR count). The molecule has 0 aliphatic heterocycles. The lowest BCUT2D eigenvalue weighted by atomic mass is 9.77. The van der Waals surface area contributed by atoms with E-state index in [1.165, 1.54) is 0 Å². The van der Waals surface area contributed by atoms with E-state index >= 15 is 0 Å². The maximum absolute atomic E-state index is 11.8. The number of aromatic hydroxyl groups is 6. The molecule has 6 nitrogen and oxygen atoms in total. The van der Waals surface area contributed by atoms with Crippen LogP contribution in [-0.2, 0) is 6.42 Å². The van der Waals surface area contributed by atoms with Crippen LogP contribution >= 0.6 is 0 Å². The molecule has 0 bridgehead atoms. The molecular formula is C49H52O6. The maximum Gasteiger partial charge on any atom is 0.122 e. The zero-order valence-electron chi connectivity index (χ0n) is 33.5. The van der Waals surface area contributed by atoms with Crippen LogP contribution in [0, 0.1) is 69.2 Å². The van der Waals surface area contributed by atoms with Gasteiger partial charge in [-0.15, -0.1) is 0 Å². The van der Waals surface area contributed by atoms with Crippen molar-refractivity contribution < 1.29 is 30.6 Å². The fourth-order valence-corrected chi connectivity index (χ4v) is 8.19. The van der Waals surface area contributed by atoms with E-state index in [1.54, 1.807) is 24.3 Å². The first-order chi connectivity index (χ1) is 25.9. The first-order valence-corrected chi connectivity index (χ1v) is 18.7. The summed E-state index contributed by atoms with van der Waals surface area (Å²) in [6.45, 7) is 19.1. The van der Waals surface area contributed by atoms with E-state index in [0.29, 0.717) is 6.42 Å². The van der Waals surface area contributed by atoms with Gasteiger partial charge in [0.15, 0.2) is 0 Å².